The first-order chi connectivity index (χ1) is 25.5. The molecule has 20 atom stereocenters. The number of fused-ring (bicyclic) bond motifs is 2. The molecular formula is C42H68O13. The van der Waals surface area contributed by atoms with Gasteiger partial charge in [-0.1, -0.05) is 27.7 Å². The average Bonchev–Trinajstić information content (AvgIpc) is 3.45. The van der Waals surface area contributed by atoms with Gasteiger partial charge in [0.25, 0.3) is 0 Å². The van der Waals surface area contributed by atoms with Gasteiger partial charge in [-0.05, 0) is 123 Å². The van der Waals surface area contributed by atoms with Crippen LogP contribution in [0.1, 0.15) is 113 Å². The number of hydrogen-bond donors (Lipinski definition) is 7. The molecule has 7 N–H and O–H groups in total. The van der Waals surface area contributed by atoms with Crippen molar-refractivity contribution in [3.05, 3.63) is 0 Å². The van der Waals surface area contributed by atoms with E-state index >= 15 is 0 Å². The second kappa shape index (κ2) is 13.0. The lowest BCUT2D eigenvalue weighted by Crippen LogP contribution is -2.65. The highest BCUT2D eigenvalue weighted by Gasteiger charge is 2.84. The van der Waals surface area contributed by atoms with Crippen molar-refractivity contribution in [3.63, 3.8) is 0 Å². The van der Waals surface area contributed by atoms with Crippen LogP contribution in [-0.2, 0) is 28.5 Å². The monoisotopic (exact) mass is 780 g/mol. The van der Waals surface area contributed by atoms with Crippen molar-refractivity contribution in [1.29, 1.82) is 0 Å². The summed E-state index contributed by atoms with van der Waals surface area (Å²) in [6, 6.07) is 0. The summed E-state index contributed by atoms with van der Waals surface area (Å²) < 4.78 is 30.7. The van der Waals surface area contributed by atoms with Gasteiger partial charge in [0.15, 0.2) is 6.29 Å². The SMILES string of the molecule is CC(=O)O[C@H]1C[C@](C)([C@H]2CC[C@@]3(C)[C@@H]4C[C@H](O)[C@H]5C(C)(C)[C@@H]([C@@H]6OC[C@@H](O)[C@H](O)[C@H]6O[C@@H]6OC[C@H](O)[C@H](O)[C@H]6O)CC[C@@]56C[C@@]46CC[C@]23C)O[C@@H]1C(C)(C)O. The molecule has 314 valence electrons. The first-order valence-corrected chi connectivity index (χ1v) is 21.0. The zero-order valence-corrected chi connectivity index (χ0v) is 34.0. The van der Waals surface area contributed by atoms with Crippen molar-refractivity contribution in [1.82, 2.24) is 0 Å². The molecule has 3 aliphatic heterocycles. The topological polar surface area (TPSA) is 205 Å². The Hall–Kier alpha value is -0.970. The van der Waals surface area contributed by atoms with E-state index in [9.17, 15) is 40.5 Å². The van der Waals surface area contributed by atoms with Crippen LogP contribution in [-0.4, -0.2) is 133 Å². The molecule has 13 heteroatoms. The number of rotatable bonds is 6. The van der Waals surface area contributed by atoms with Crippen LogP contribution >= 0.6 is 0 Å². The molecule has 0 radical (unpaired) electrons. The first-order valence-electron chi connectivity index (χ1n) is 21.0. The molecule has 0 aromatic carbocycles. The van der Waals surface area contributed by atoms with E-state index in [2.05, 4.69) is 34.6 Å². The Bertz CT molecular complexity index is 1500. The fraction of sp³-hybridized carbons (Fsp3) is 0.976. The van der Waals surface area contributed by atoms with Crippen LogP contribution in [0.25, 0.3) is 0 Å². The number of esters is 1. The Morgan fingerprint density at radius 1 is 0.764 bits per heavy atom. The van der Waals surface area contributed by atoms with Crippen LogP contribution in [0.4, 0.5) is 0 Å². The maximum Gasteiger partial charge on any atom is 0.302 e. The summed E-state index contributed by atoms with van der Waals surface area (Å²) in [7, 11) is 0. The lowest BCUT2D eigenvalue weighted by Gasteiger charge is -2.65. The summed E-state index contributed by atoms with van der Waals surface area (Å²) >= 11 is 0. The Morgan fingerprint density at radius 2 is 1.42 bits per heavy atom. The number of aliphatic hydroxyl groups is 7. The quantitative estimate of drug-likeness (QED) is 0.194. The minimum absolute atomic E-state index is 0.0328. The fourth-order valence-corrected chi connectivity index (χ4v) is 15.4. The van der Waals surface area contributed by atoms with Crippen LogP contribution in [0.5, 0.6) is 0 Å². The number of ether oxygens (including phenoxy) is 5. The van der Waals surface area contributed by atoms with E-state index < -0.39 is 83.9 Å². The predicted molar refractivity (Wildman–Crippen MR) is 196 cm³/mol. The second-order valence-electron chi connectivity index (χ2n) is 21.3. The van der Waals surface area contributed by atoms with Gasteiger partial charge in [0.1, 0.15) is 48.8 Å². The molecule has 2 spiro atoms. The third-order valence-electron chi connectivity index (χ3n) is 17.9. The standard InChI is InChI=1S/C42H68O13/c1-20(43)53-25-16-40(8,55-34(25)37(4,5)50)26-10-11-38(6)27-15-22(44)33-36(2,3)21(9-12-42(33)19-41(27,42)14-13-39(26,38)7)31-32(29(48)24(46)17-51-31)54-35-30(49)28(47)23(45)18-52-35/h21-35,44-50H,9-19H2,1-8H3/t21-,22+,23+,24-,25+,26+,27+,28+,29+,30-,31+,32-,33+,34+,35+,38+,39-,40-,41+,42-/m1/s1. The lowest BCUT2D eigenvalue weighted by molar-refractivity contribution is -0.324. The average molecular weight is 781 g/mol. The molecule has 5 saturated carbocycles. The normalized spacial score (nSPS) is 57.2. The van der Waals surface area contributed by atoms with E-state index in [0.29, 0.717) is 18.8 Å². The highest BCUT2D eigenvalue weighted by atomic mass is 16.7. The predicted octanol–water partition coefficient (Wildman–Crippen LogP) is 2.21. The summed E-state index contributed by atoms with van der Waals surface area (Å²) in [5.74, 6) is -0.0742. The van der Waals surface area contributed by atoms with E-state index in [1.807, 2.05) is 0 Å². The molecule has 55 heavy (non-hydrogen) atoms. The van der Waals surface area contributed by atoms with Crippen molar-refractivity contribution in [2.75, 3.05) is 13.2 Å². The van der Waals surface area contributed by atoms with Crippen LogP contribution in [0.15, 0.2) is 0 Å². The number of hydrogen-bond acceptors (Lipinski definition) is 13. The molecule has 8 aliphatic rings. The van der Waals surface area contributed by atoms with E-state index in [0.717, 1.165) is 44.9 Å². The number of carbonyl (C=O) groups is 1. The van der Waals surface area contributed by atoms with Gasteiger partial charge >= 0.3 is 5.97 Å². The van der Waals surface area contributed by atoms with Crippen LogP contribution < -0.4 is 0 Å². The smallest absolute Gasteiger partial charge is 0.302 e. The highest BCUT2D eigenvalue weighted by Crippen LogP contribution is 2.89. The van der Waals surface area contributed by atoms with E-state index in [4.69, 9.17) is 23.7 Å². The fourth-order valence-electron chi connectivity index (χ4n) is 15.4. The van der Waals surface area contributed by atoms with Gasteiger partial charge in [0, 0.05) is 13.3 Å². The molecule has 0 aromatic rings. The maximum absolute atomic E-state index is 12.5. The zero-order valence-electron chi connectivity index (χ0n) is 34.0. The maximum atomic E-state index is 12.5. The van der Waals surface area contributed by atoms with Crippen LogP contribution in [0, 0.1) is 50.7 Å². The van der Waals surface area contributed by atoms with Crippen molar-refractivity contribution in [2.24, 2.45) is 50.7 Å². The van der Waals surface area contributed by atoms with E-state index in [1.165, 1.54) is 6.92 Å². The highest BCUT2D eigenvalue weighted by molar-refractivity contribution is 5.66. The van der Waals surface area contributed by atoms with Crippen molar-refractivity contribution in [3.8, 4) is 0 Å². The lowest BCUT2D eigenvalue weighted by atomic mass is 9.40. The molecule has 3 saturated heterocycles. The van der Waals surface area contributed by atoms with E-state index in [1.54, 1.807) is 13.8 Å². The van der Waals surface area contributed by atoms with Gasteiger partial charge in [-0.2, -0.15) is 0 Å². The molecule has 8 fully saturated rings. The summed E-state index contributed by atoms with van der Waals surface area (Å²) in [4.78, 5) is 12.2. The van der Waals surface area contributed by atoms with Gasteiger partial charge in [-0.15, -0.1) is 0 Å². The number of carbonyl (C=O) groups excluding carboxylic acids is 1. The Morgan fingerprint density at radius 3 is 2.09 bits per heavy atom. The minimum atomic E-state index is -1.56. The molecule has 13 nitrogen and oxygen atoms in total. The molecule has 0 bridgehead atoms. The van der Waals surface area contributed by atoms with Gasteiger partial charge in [-0.25, -0.2) is 0 Å². The zero-order chi connectivity index (χ0) is 40.1. The molecule has 0 unspecified atom stereocenters. The molecule has 8 rings (SSSR count). The summed E-state index contributed by atoms with van der Waals surface area (Å²) in [6.07, 6.45) is -3.68. The largest absolute Gasteiger partial charge is 0.460 e. The summed E-state index contributed by atoms with van der Waals surface area (Å²) in [6.45, 7) is 16.0. The Kier molecular flexibility index (Phi) is 9.65. The van der Waals surface area contributed by atoms with Gasteiger partial charge in [0.2, 0.25) is 0 Å². The molecule has 0 amide bonds. The van der Waals surface area contributed by atoms with Crippen LogP contribution in [0.3, 0.4) is 0 Å². The minimum Gasteiger partial charge on any atom is -0.460 e. The van der Waals surface area contributed by atoms with Crippen molar-refractivity contribution >= 4 is 5.97 Å². The van der Waals surface area contributed by atoms with Gasteiger partial charge < -0.3 is 59.4 Å². The molecule has 5 aliphatic carbocycles. The van der Waals surface area contributed by atoms with E-state index in [-0.39, 0.29) is 58.6 Å². The summed E-state index contributed by atoms with van der Waals surface area (Å²) in [5.41, 5.74) is -2.35. The molecular weight excluding hydrogens is 712 g/mol. The van der Waals surface area contributed by atoms with Crippen molar-refractivity contribution < 1.29 is 64.2 Å². The Labute approximate surface area is 325 Å². The van der Waals surface area contributed by atoms with Crippen LogP contribution in [0.2, 0.25) is 0 Å². The summed E-state index contributed by atoms with van der Waals surface area (Å²) in [5, 5.41) is 76.7. The van der Waals surface area contributed by atoms with Gasteiger partial charge in [0.05, 0.1) is 36.6 Å². The second-order valence-corrected chi connectivity index (χ2v) is 21.3. The Balaban J connectivity index is 1.05. The molecule has 3 heterocycles. The van der Waals surface area contributed by atoms with Crippen molar-refractivity contribution in [2.45, 2.75) is 192 Å². The third-order valence-corrected chi connectivity index (χ3v) is 17.9. The number of aliphatic hydroxyl groups excluding tert-OH is 6. The third kappa shape index (κ3) is 5.67. The first kappa shape index (κ1) is 40.8. The molecule has 0 aromatic heterocycles. The van der Waals surface area contributed by atoms with Gasteiger partial charge in [-0.3, -0.25) is 4.79 Å².